The zero-order valence-corrected chi connectivity index (χ0v) is 14.8. The summed E-state index contributed by atoms with van der Waals surface area (Å²) in [6, 6.07) is 0. The second-order valence-electron chi connectivity index (χ2n) is 4.85. The Kier molecular flexibility index (Phi) is 7.70. The van der Waals surface area contributed by atoms with E-state index in [9.17, 15) is 14.4 Å². The van der Waals surface area contributed by atoms with Gasteiger partial charge in [0.2, 0.25) is 0 Å². The van der Waals surface area contributed by atoms with Crippen molar-refractivity contribution in [1.82, 2.24) is 5.32 Å². The van der Waals surface area contributed by atoms with E-state index in [0.29, 0.717) is 10.6 Å². The summed E-state index contributed by atoms with van der Waals surface area (Å²) in [6.07, 6.45) is 0.779. The van der Waals surface area contributed by atoms with Crippen molar-refractivity contribution in [2.75, 3.05) is 32.1 Å². The molecule has 0 unspecified atom stereocenters. The van der Waals surface area contributed by atoms with Gasteiger partial charge in [-0.3, -0.25) is 9.59 Å². The highest BCUT2D eigenvalue weighted by atomic mass is 32.1. The second-order valence-corrected chi connectivity index (χ2v) is 5.95. The first-order valence-electron chi connectivity index (χ1n) is 7.55. The molecule has 0 aliphatic carbocycles. The number of hydrogen-bond acceptors (Lipinski definition) is 5. The number of esters is 1. The highest BCUT2D eigenvalue weighted by Gasteiger charge is 2.23. The van der Waals surface area contributed by atoms with Crippen LogP contribution in [0.3, 0.4) is 0 Å². The number of thiophene rings is 1. The standard InChI is InChI=1S/C15H23N3O4S/c1-5-10-9(3)13(15(21)22-6-2)14(23-10)18-12(20)8-17-7-11(19)16-4/h17H,5-8H2,1-4H3,(H,16,19)(H,18,20)/p+1. The third-order valence-electron chi connectivity index (χ3n) is 3.24. The van der Waals surface area contributed by atoms with E-state index in [2.05, 4.69) is 10.6 Å². The van der Waals surface area contributed by atoms with Crippen molar-refractivity contribution in [1.29, 1.82) is 0 Å². The molecule has 1 rings (SSSR count). The predicted molar refractivity (Wildman–Crippen MR) is 88.7 cm³/mol. The van der Waals surface area contributed by atoms with Crippen molar-refractivity contribution in [2.45, 2.75) is 27.2 Å². The van der Waals surface area contributed by atoms with E-state index in [4.69, 9.17) is 4.74 Å². The first-order chi connectivity index (χ1) is 10.9. The maximum Gasteiger partial charge on any atom is 0.341 e. The molecule has 0 saturated heterocycles. The van der Waals surface area contributed by atoms with Crippen LogP contribution in [0.4, 0.5) is 5.00 Å². The normalized spacial score (nSPS) is 10.3. The summed E-state index contributed by atoms with van der Waals surface area (Å²) in [5, 5.41) is 7.34. The molecule has 1 aromatic heterocycles. The lowest BCUT2D eigenvalue weighted by molar-refractivity contribution is -0.632. The molecular weight excluding hydrogens is 318 g/mol. The van der Waals surface area contributed by atoms with Gasteiger partial charge in [0.1, 0.15) is 5.00 Å². The van der Waals surface area contributed by atoms with Crippen LogP contribution in [-0.2, 0) is 20.7 Å². The lowest BCUT2D eigenvalue weighted by Gasteiger charge is -2.06. The maximum absolute atomic E-state index is 12.1. The Morgan fingerprint density at radius 2 is 1.83 bits per heavy atom. The van der Waals surface area contributed by atoms with Gasteiger partial charge in [0.25, 0.3) is 11.8 Å². The number of rotatable bonds is 8. The third kappa shape index (κ3) is 5.33. The number of ether oxygens (including phenoxy) is 1. The zero-order valence-electron chi connectivity index (χ0n) is 13.9. The van der Waals surface area contributed by atoms with Gasteiger partial charge in [0, 0.05) is 11.9 Å². The van der Waals surface area contributed by atoms with Crippen molar-refractivity contribution < 1.29 is 24.4 Å². The van der Waals surface area contributed by atoms with E-state index in [1.165, 1.54) is 11.3 Å². The van der Waals surface area contributed by atoms with Gasteiger partial charge in [-0.15, -0.1) is 11.3 Å². The molecule has 2 amide bonds. The van der Waals surface area contributed by atoms with Crippen LogP contribution in [-0.4, -0.2) is 44.5 Å². The summed E-state index contributed by atoms with van der Waals surface area (Å²) < 4.78 is 5.07. The summed E-state index contributed by atoms with van der Waals surface area (Å²) in [7, 11) is 1.54. The number of hydrogen-bond donors (Lipinski definition) is 3. The molecule has 0 saturated carbocycles. The molecule has 23 heavy (non-hydrogen) atoms. The third-order valence-corrected chi connectivity index (χ3v) is 4.59. The van der Waals surface area contributed by atoms with E-state index in [-0.39, 0.29) is 31.5 Å². The summed E-state index contributed by atoms with van der Waals surface area (Å²) in [6.45, 7) is 6.16. The van der Waals surface area contributed by atoms with Crippen LogP contribution < -0.4 is 16.0 Å². The van der Waals surface area contributed by atoms with Crippen molar-refractivity contribution in [3.05, 3.63) is 16.0 Å². The number of carbonyl (C=O) groups excluding carboxylic acids is 3. The number of nitrogens with one attached hydrogen (secondary N) is 2. The fourth-order valence-electron chi connectivity index (χ4n) is 2.05. The van der Waals surface area contributed by atoms with Crippen molar-refractivity contribution >= 4 is 34.1 Å². The Balaban J connectivity index is 2.80. The Bertz CT molecular complexity index is 584. The molecule has 128 valence electrons. The minimum absolute atomic E-state index is 0.105. The van der Waals surface area contributed by atoms with Crippen LogP contribution in [0.25, 0.3) is 0 Å². The maximum atomic E-state index is 12.1. The Hall–Kier alpha value is -1.93. The fourth-order valence-corrected chi connectivity index (χ4v) is 3.20. The quantitative estimate of drug-likeness (QED) is 0.581. The first-order valence-corrected chi connectivity index (χ1v) is 8.37. The van der Waals surface area contributed by atoms with E-state index >= 15 is 0 Å². The molecule has 0 aliphatic rings. The Morgan fingerprint density at radius 1 is 1.17 bits per heavy atom. The molecule has 0 atom stereocenters. The smallest absolute Gasteiger partial charge is 0.341 e. The van der Waals surface area contributed by atoms with Crippen molar-refractivity contribution in [3.63, 3.8) is 0 Å². The van der Waals surface area contributed by atoms with Gasteiger partial charge < -0.3 is 20.7 Å². The average Bonchev–Trinajstić information content (AvgIpc) is 2.82. The van der Waals surface area contributed by atoms with Gasteiger partial charge in [-0.25, -0.2) is 4.79 Å². The van der Waals surface area contributed by atoms with Gasteiger partial charge in [0.05, 0.1) is 12.2 Å². The molecule has 1 heterocycles. The van der Waals surface area contributed by atoms with Crippen LogP contribution in [0.5, 0.6) is 0 Å². The molecule has 1 aromatic rings. The molecular formula is C15H24N3O4S+. The lowest BCUT2D eigenvalue weighted by atomic mass is 10.1. The van der Waals surface area contributed by atoms with Crippen molar-refractivity contribution in [2.24, 2.45) is 0 Å². The first kappa shape index (κ1) is 19.1. The molecule has 4 N–H and O–H groups in total. The predicted octanol–water partition coefficient (Wildman–Crippen LogP) is 0.0435. The second kappa shape index (κ2) is 9.26. The summed E-state index contributed by atoms with van der Waals surface area (Å²) >= 11 is 1.39. The number of quaternary nitrogens is 1. The number of aryl methyl sites for hydroxylation is 1. The highest BCUT2D eigenvalue weighted by molar-refractivity contribution is 7.17. The summed E-state index contributed by atoms with van der Waals surface area (Å²) in [4.78, 5) is 36.3. The topological polar surface area (TPSA) is 101 Å². The molecule has 0 aliphatic heterocycles. The van der Waals surface area contributed by atoms with Gasteiger partial charge in [-0.2, -0.15) is 0 Å². The average molecular weight is 342 g/mol. The zero-order chi connectivity index (χ0) is 17.4. The van der Waals surface area contributed by atoms with E-state index in [0.717, 1.165) is 16.9 Å². The molecule has 7 nitrogen and oxygen atoms in total. The van der Waals surface area contributed by atoms with E-state index in [1.807, 2.05) is 13.8 Å². The van der Waals surface area contributed by atoms with Crippen LogP contribution >= 0.6 is 11.3 Å². The Morgan fingerprint density at radius 3 is 2.39 bits per heavy atom. The minimum Gasteiger partial charge on any atom is -0.462 e. The van der Waals surface area contributed by atoms with Crippen LogP contribution in [0, 0.1) is 6.92 Å². The largest absolute Gasteiger partial charge is 0.462 e. The van der Waals surface area contributed by atoms with Crippen LogP contribution in [0.15, 0.2) is 0 Å². The van der Waals surface area contributed by atoms with Crippen LogP contribution in [0.2, 0.25) is 0 Å². The van der Waals surface area contributed by atoms with Crippen molar-refractivity contribution in [3.8, 4) is 0 Å². The molecule has 0 spiro atoms. The summed E-state index contributed by atoms with van der Waals surface area (Å²) in [5.74, 6) is -0.834. The Labute approximate surface area is 139 Å². The number of carbonyl (C=O) groups is 3. The number of likely N-dealkylation sites (N-methyl/N-ethyl adjacent to an activating group) is 1. The number of amides is 2. The monoisotopic (exact) mass is 342 g/mol. The van der Waals surface area contributed by atoms with E-state index in [1.54, 1.807) is 19.3 Å². The number of nitrogens with two attached hydrogens (primary N) is 1. The van der Waals surface area contributed by atoms with Gasteiger partial charge >= 0.3 is 5.97 Å². The molecule has 0 fully saturated rings. The van der Waals surface area contributed by atoms with Gasteiger partial charge in [-0.05, 0) is 25.8 Å². The lowest BCUT2D eigenvalue weighted by Crippen LogP contribution is -2.88. The molecule has 0 aromatic carbocycles. The summed E-state index contributed by atoms with van der Waals surface area (Å²) in [5.41, 5.74) is 1.27. The number of anilines is 1. The molecule has 8 heteroatoms. The SMILES string of the molecule is CCOC(=O)c1c(NC(=O)C[NH2+]CC(=O)NC)sc(CC)c1C. The fraction of sp³-hybridized carbons (Fsp3) is 0.533. The van der Waals surface area contributed by atoms with Crippen LogP contribution in [0.1, 0.15) is 34.6 Å². The van der Waals surface area contributed by atoms with Gasteiger partial charge in [-0.1, -0.05) is 6.92 Å². The highest BCUT2D eigenvalue weighted by Crippen LogP contribution is 2.33. The minimum atomic E-state index is -0.425. The molecule has 0 bridgehead atoms. The molecule has 0 radical (unpaired) electrons. The van der Waals surface area contributed by atoms with Gasteiger partial charge in [0.15, 0.2) is 13.1 Å². The van der Waals surface area contributed by atoms with E-state index < -0.39 is 5.97 Å².